The monoisotopic (exact) mass is 426 g/mol. The Bertz CT molecular complexity index is 939. The highest BCUT2D eigenvalue weighted by Gasteiger charge is 2.27. The van der Waals surface area contributed by atoms with Crippen LogP contribution in [0.4, 0.5) is 19.3 Å². The number of carbonyl (C=O) groups excluding carboxylic acids is 1. The van der Waals surface area contributed by atoms with Gasteiger partial charge in [0, 0.05) is 30.7 Å². The molecule has 2 aliphatic rings. The fraction of sp³-hybridized carbons (Fsp3) is 0.458. The van der Waals surface area contributed by atoms with Crippen molar-refractivity contribution in [1.82, 2.24) is 14.9 Å². The zero-order valence-corrected chi connectivity index (χ0v) is 17.7. The zero-order valence-electron chi connectivity index (χ0n) is 17.7. The van der Waals surface area contributed by atoms with Crippen LogP contribution in [0.15, 0.2) is 42.7 Å². The second kappa shape index (κ2) is 9.54. The molecule has 1 atom stereocenters. The van der Waals surface area contributed by atoms with E-state index in [-0.39, 0.29) is 23.5 Å². The summed E-state index contributed by atoms with van der Waals surface area (Å²) in [6.45, 7) is 2.31. The summed E-state index contributed by atoms with van der Waals surface area (Å²) in [7, 11) is 0. The van der Waals surface area contributed by atoms with Crippen LogP contribution in [0, 0.1) is 0 Å². The molecule has 1 aliphatic heterocycles. The number of nitrogens with zero attached hydrogens (tertiary/aromatic N) is 3. The normalized spacial score (nSPS) is 19.9. The summed E-state index contributed by atoms with van der Waals surface area (Å²) in [6.07, 6.45) is 8.68. The number of aromatic nitrogens is 2. The molecule has 0 saturated heterocycles. The maximum Gasteiger partial charge on any atom is 0.322 e. The van der Waals surface area contributed by atoms with Gasteiger partial charge in [0.15, 0.2) is 0 Å². The average Bonchev–Trinajstić information content (AvgIpc) is 2.80. The second-order valence-electron chi connectivity index (χ2n) is 8.35. The smallest absolute Gasteiger partial charge is 0.318 e. The standard InChI is InChI=1S/C24H28F2N4O/c1-16-15-19(21-22(23(25)26)28-13-12-27-21)11-14-30(16)24(31)29-20-9-7-18(8-10-20)17-5-3-2-4-6-17/h7-10,12-13,15-17,23H,2-6,11,14H2,1H3,(H,29,31)/t16-/m1/s1. The number of urea groups is 1. The van der Waals surface area contributed by atoms with Crippen LogP contribution in [0.2, 0.25) is 0 Å². The van der Waals surface area contributed by atoms with E-state index in [1.807, 2.05) is 25.1 Å². The molecule has 1 saturated carbocycles. The molecule has 164 valence electrons. The second-order valence-corrected chi connectivity index (χ2v) is 8.35. The first-order chi connectivity index (χ1) is 15.0. The van der Waals surface area contributed by atoms with Crippen molar-refractivity contribution in [1.29, 1.82) is 0 Å². The fourth-order valence-electron chi connectivity index (χ4n) is 4.62. The van der Waals surface area contributed by atoms with Gasteiger partial charge in [-0.2, -0.15) is 0 Å². The Hall–Kier alpha value is -2.83. The van der Waals surface area contributed by atoms with Gasteiger partial charge in [0.1, 0.15) is 5.69 Å². The zero-order chi connectivity index (χ0) is 21.8. The largest absolute Gasteiger partial charge is 0.322 e. The van der Waals surface area contributed by atoms with Crippen molar-refractivity contribution in [3.8, 4) is 0 Å². The molecule has 0 spiro atoms. The van der Waals surface area contributed by atoms with Crippen LogP contribution in [-0.2, 0) is 0 Å². The molecule has 1 N–H and O–H groups in total. The lowest BCUT2D eigenvalue weighted by Crippen LogP contribution is -2.43. The van der Waals surface area contributed by atoms with E-state index < -0.39 is 6.43 Å². The summed E-state index contributed by atoms with van der Waals surface area (Å²) in [6, 6.07) is 7.73. The molecule has 0 unspecified atom stereocenters. The van der Waals surface area contributed by atoms with Crippen molar-refractivity contribution >= 4 is 17.3 Å². The van der Waals surface area contributed by atoms with E-state index in [2.05, 4.69) is 27.4 Å². The molecular formula is C24H28F2N4O. The molecule has 1 aromatic carbocycles. The number of alkyl halides is 2. The summed E-state index contributed by atoms with van der Waals surface area (Å²) < 4.78 is 26.5. The van der Waals surface area contributed by atoms with Gasteiger partial charge in [-0.3, -0.25) is 9.97 Å². The first kappa shape index (κ1) is 21.4. The van der Waals surface area contributed by atoms with Crippen molar-refractivity contribution in [3.63, 3.8) is 0 Å². The van der Waals surface area contributed by atoms with E-state index in [1.165, 1.54) is 50.1 Å². The molecule has 4 rings (SSSR count). The predicted molar refractivity (Wildman–Crippen MR) is 117 cm³/mol. The van der Waals surface area contributed by atoms with Crippen LogP contribution in [0.5, 0.6) is 0 Å². The average molecular weight is 427 g/mol. The van der Waals surface area contributed by atoms with E-state index in [0.29, 0.717) is 24.5 Å². The van der Waals surface area contributed by atoms with Gasteiger partial charge in [0.2, 0.25) is 0 Å². The van der Waals surface area contributed by atoms with Crippen LogP contribution in [0.1, 0.15) is 74.7 Å². The summed E-state index contributed by atoms with van der Waals surface area (Å²) in [5, 5.41) is 2.97. The van der Waals surface area contributed by atoms with Crippen molar-refractivity contribution in [3.05, 3.63) is 59.7 Å². The minimum atomic E-state index is -2.68. The van der Waals surface area contributed by atoms with Gasteiger partial charge in [-0.05, 0) is 55.4 Å². The van der Waals surface area contributed by atoms with Crippen LogP contribution in [-0.4, -0.2) is 33.5 Å². The van der Waals surface area contributed by atoms with E-state index in [4.69, 9.17) is 0 Å². The number of hydrogen-bond donors (Lipinski definition) is 1. The summed E-state index contributed by atoms with van der Waals surface area (Å²) in [5.74, 6) is 0.628. The number of halogens is 2. The third-order valence-corrected chi connectivity index (χ3v) is 6.29. The Morgan fingerprint density at radius 1 is 1.10 bits per heavy atom. The summed E-state index contributed by atoms with van der Waals surface area (Å²) in [4.78, 5) is 22.4. The van der Waals surface area contributed by atoms with Crippen molar-refractivity contribution in [2.24, 2.45) is 0 Å². The maximum atomic E-state index is 13.3. The van der Waals surface area contributed by atoms with Gasteiger partial charge in [0.05, 0.1) is 5.69 Å². The molecule has 2 aromatic rings. The third kappa shape index (κ3) is 4.92. The highest BCUT2D eigenvalue weighted by Crippen LogP contribution is 2.33. The predicted octanol–water partition coefficient (Wildman–Crippen LogP) is 6.17. The number of anilines is 1. The number of rotatable bonds is 4. The minimum Gasteiger partial charge on any atom is -0.318 e. The molecule has 1 fully saturated rings. The number of amides is 2. The van der Waals surface area contributed by atoms with E-state index in [1.54, 1.807) is 4.90 Å². The van der Waals surface area contributed by atoms with Gasteiger partial charge < -0.3 is 10.2 Å². The summed E-state index contributed by atoms with van der Waals surface area (Å²) >= 11 is 0. The number of nitrogens with one attached hydrogen (secondary N) is 1. The number of carbonyl (C=O) groups is 1. The van der Waals surface area contributed by atoms with Crippen LogP contribution < -0.4 is 5.32 Å². The van der Waals surface area contributed by atoms with Gasteiger partial charge in [-0.1, -0.05) is 37.5 Å². The topological polar surface area (TPSA) is 58.1 Å². The lowest BCUT2D eigenvalue weighted by atomic mass is 9.84. The maximum absolute atomic E-state index is 13.3. The molecule has 0 radical (unpaired) electrons. The van der Waals surface area contributed by atoms with Gasteiger partial charge >= 0.3 is 6.03 Å². The molecule has 31 heavy (non-hydrogen) atoms. The van der Waals surface area contributed by atoms with Crippen LogP contribution in [0.3, 0.4) is 0 Å². The van der Waals surface area contributed by atoms with E-state index in [0.717, 1.165) is 5.69 Å². The lowest BCUT2D eigenvalue weighted by Gasteiger charge is -2.32. The van der Waals surface area contributed by atoms with E-state index in [9.17, 15) is 13.6 Å². The van der Waals surface area contributed by atoms with Crippen molar-refractivity contribution < 1.29 is 13.6 Å². The Balaban J connectivity index is 1.41. The van der Waals surface area contributed by atoms with E-state index >= 15 is 0 Å². The first-order valence-electron chi connectivity index (χ1n) is 11.0. The van der Waals surface area contributed by atoms with Crippen molar-refractivity contribution in [2.45, 2.75) is 63.8 Å². The van der Waals surface area contributed by atoms with Crippen LogP contribution >= 0.6 is 0 Å². The summed E-state index contributed by atoms with van der Waals surface area (Å²) in [5.41, 5.74) is 2.73. The van der Waals surface area contributed by atoms with Gasteiger partial charge in [0.25, 0.3) is 6.43 Å². The highest BCUT2D eigenvalue weighted by molar-refractivity contribution is 5.90. The highest BCUT2D eigenvalue weighted by atomic mass is 19.3. The Morgan fingerprint density at radius 3 is 2.48 bits per heavy atom. The quantitative estimate of drug-likeness (QED) is 0.636. The SMILES string of the molecule is C[C@@H]1C=C(c2nccnc2C(F)F)CCN1C(=O)Nc1ccc(C2CCCCC2)cc1. The molecule has 7 heteroatoms. The lowest BCUT2D eigenvalue weighted by molar-refractivity contribution is 0.145. The molecule has 2 heterocycles. The molecule has 1 aromatic heterocycles. The first-order valence-corrected chi connectivity index (χ1v) is 11.0. The number of hydrogen-bond acceptors (Lipinski definition) is 3. The van der Waals surface area contributed by atoms with Crippen molar-refractivity contribution in [2.75, 3.05) is 11.9 Å². The molecule has 5 nitrogen and oxygen atoms in total. The Kier molecular flexibility index (Phi) is 6.59. The minimum absolute atomic E-state index is 0.193. The Labute approximate surface area is 181 Å². The fourth-order valence-corrected chi connectivity index (χ4v) is 4.62. The Morgan fingerprint density at radius 2 is 1.81 bits per heavy atom. The molecule has 1 aliphatic carbocycles. The number of benzene rings is 1. The molecule has 0 bridgehead atoms. The van der Waals surface area contributed by atoms with Gasteiger partial charge in [-0.25, -0.2) is 13.6 Å². The third-order valence-electron chi connectivity index (χ3n) is 6.29. The molecular weight excluding hydrogens is 398 g/mol. The van der Waals surface area contributed by atoms with Crippen LogP contribution in [0.25, 0.3) is 5.57 Å². The molecule has 2 amide bonds. The van der Waals surface area contributed by atoms with Gasteiger partial charge in [-0.15, -0.1) is 0 Å².